The summed E-state index contributed by atoms with van der Waals surface area (Å²) in [5.41, 5.74) is 7.46. The minimum atomic E-state index is -1.43. The molecule has 5 rings (SSSR count). The summed E-state index contributed by atoms with van der Waals surface area (Å²) in [6, 6.07) is 25.3. The third kappa shape index (κ3) is 8.12. The van der Waals surface area contributed by atoms with Crippen LogP contribution in [-0.2, 0) is 13.1 Å². The second-order valence-corrected chi connectivity index (χ2v) is 11.0. The van der Waals surface area contributed by atoms with E-state index in [-0.39, 0.29) is 18.9 Å². The number of amides is 1. The topological polar surface area (TPSA) is 97.5 Å². The number of carbonyl (C=O) groups is 1. The van der Waals surface area contributed by atoms with Crippen molar-refractivity contribution in [2.75, 3.05) is 18.0 Å². The number of nitrogens with zero attached hydrogens (tertiary/aromatic N) is 3. The molecular weight excluding hydrogens is 512 g/mol. The van der Waals surface area contributed by atoms with Gasteiger partial charge in [0.2, 0.25) is 0 Å². The number of carbonyl (C=O) groups excluding carboxylic acids is 1. The summed E-state index contributed by atoms with van der Waals surface area (Å²) in [6.07, 6.45) is 8.32. The van der Waals surface area contributed by atoms with E-state index in [1.807, 2.05) is 24.3 Å². The first-order chi connectivity index (χ1) is 20.0. The molecule has 7 heteroatoms. The average molecular weight is 553 g/mol. The van der Waals surface area contributed by atoms with Crippen molar-refractivity contribution in [2.24, 2.45) is 10.2 Å². The van der Waals surface area contributed by atoms with Crippen LogP contribution in [0.25, 0.3) is 5.70 Å². The molecular formula is C34H40N4O3. The number of aliphatic hydroxyl groups excluding tert-OH is 1. The molecule has 0 atom stereocenters. The third-order valence-electron chi connectivity index (χ3n) is 7.98. The highest BCUT2D eigenvalue weighted by Crippen LogP contribution is 2.33. The van der Waals surface area contributed by atoms with E-state index in [2.05, 4.69) is 75.1 Å². The zero-order chi connectivity index (χ0) is 28.4. The Morgan fingerprint density at radius 3 is 2.15 bits per heavy atom. The van der Waals surface area contributed by atoms with Crippen molar-refractivity contribution in [3.8, 4) is 0 Å². The molecule has 0 spiro atoms. The Morgan fingerprint density at radius 1 is 0.878 bits per heavy atom. The molecule has 0 aromatic heterocycles. The van der Waals surface area contributed by atoms with Crippen molar-refractivity contribution >= 4 is 17.3 Å². The first kappa shape index (κ1) is 28.7. The van der Waals surface area contributed by atoms with E-state index in [0.717, 1.165) is 36.5 Å². The highest BCUT2D eigenvalue weighted by atomic mass is 16.5. The summed E-state index contributed by atoms with van der Waals surface area (Å²) < 4.78 is 0. The Hall–Kier alpha value is -3.81. The van der Waals surface area contributed by atoms with E-state index in [4.69, 9.17) is 10.2 Å². The van der Waals surface area contributed by atoms with Crippen LogP contribution in [-0.4, -0.2) is 35.5 Å². The van der Waals surface area contributed by atoms with E-state index in [1.165, 1.54) is 48.8 Å². The zero-order valence-corrected chi connectivity index (χ0v) is 23.6. The SMILES string of the molecule is O=C(NCCC(O)O)c1ccc(N(Cc2ccc(C3=CCCN=N3)cc2)Cc2ccc(C3CCCCC3)cc2)cc1. The Balaban J connectivity index is 1.32. The summed E-state index contributed by atoms with van der Waals surface area (Å²) in [7, 11) is 0. The average Bonchev–Trinajstić information content (AvgIpc) is 3.02. The number of benzene rings is 3. The van der Waals surface area contributed by atoms with Crippen molar-refractivity contribution in [2.45, 2.75) is 70.2 Å². The second kappa shape index (κ2) is 14.2. The van der Waals surface area contributed by atoms with Crippen LogP contribution in [0.1, 0.15) is 83.5 Å². The van der Waals surface area contributed by atoms with Crippen LogP contribution < -0.4 is 10.2 Å². The van der Waals surface area contributed by atoms with Gasteiger partial charge >= 0.3 is 0 Å². The molecule has 1 fully saturated rings. The molecule has 1 amide bonds. The van der Waals surface area contributed by atoms with Gasteiger partial charge in [0, 0.05) is 42.9 Å². The van der Waals surface area contributed by atoms with Crippen molar-refractivity contribution in [1.29, 1.82) is 0 Å². The highest BCUT2D eigenvalue weighted by Gasteiger charge is 2.16. The van der Waals surface area contributed by atoms with E-state index < -0.39 is 6.29 Å². The molecule has 0 saturated heterocycles. The molecule has 3 N–H and O–H groups in total. The van der Waals surface area contributed by atoms with Gasteiger partial charge in [0.1, 0.15) is 0 Å². The Bertz CT molecular complexity index is 1330. The predicted octanol–water partition coefficient (Wildman–Crippen LogP) is 6.57. The molecule has 3 aromatic carbocycles. The van der Waals surface area contributed by atoms with Crippen molar-refractivity contribution < 1.29 is 15.0 Å². The molecule has 7 nitrogen and oxygen atoms in total. The van der Waals surface area contributed by atoms with Gasteiger partial charge in [-0.3, -0.25) is 4.79 Å². The van der Waals surface area contributed by atoms with E-state index >= 15 is 0 Å². The monoisotopic (exact) mass is 552 g/mol. The van der Waals surface area contributed by atoms with Gasteiger partial charge in [-0.05, 0) is 66.1 Å². The second-order valence-electron chi connectivity index (χ2n) is 11.0. The van der Waals surface area contributed by atoms with Crippen LogP contribution in [0.4, 0.5) is 5.69 Å². The number of nitrogens with one attached hydrogen (secondary N) is 1. The van der Waals surface area contributed by atoms with E-state index in [0.29, 0.717) is 18.0 Å². The van der Waals surface area contributed by atoms with Gasteiger partial charge in [-0.2, -0.15) is 10.2 Å². The van der Waals surface area contributed by atoms with Gasteiger partial charge in [-0.15, -0.1) is 0 Å². The lowest BCUT2D eigenvalue weighted by Crippen LogP contribution is -2.27. The molecule has 1 saturated carbocycles. The van der Waals surface area contributed by atoms with Crippen molar-refractivity contribution in [1.82, 2.24) is 5.32 Å². The number of aliphatic hydroxyl groups is 2. The highest BCUT2D eigenvalue weighted by molar-refractivity contribution is 5.94. The van der Waals surface area contributed by atoms with Gasteiger partial charge in [-0.1, -0.05) is 73.9 Å². The number of rotatable bonds is 11. The normalized spacial score (nSPS) is 15.5. The zero-order valence-electron chi connectivity index (χ0n) is 23.6. The number of azo groups is 1. The summed E-state index contributed by atoms with van der Waals surface area (Å²) in [4.78, 5) is 14.8. The molecule has 1 heterocycles. The van der Waals surface area contributed by atoms with Gasteiger partial charge in [0.05, 0.1) is 12.2 Å². The van der Waals surface area contributed by atoms with Crippen LogP contribution >= 0.6 is 0 Å². The largest absolute Gasteiger partial charge is 0.368 e. The van der Waals surface area contributed by atoms with Crippen LogP contribution in [0, 0.1) is 0 Å². The van der Waals surface area contributed by atoms with Crippen LogP contribution in [0.15, 0.2) is 89.1 Å². The molecule has 0 bridgehead atoms. The Kier molecular flexibility index (Phi) is 9.94. The predicted molar refractivity (Wildman–Crippen MR) is 163 cm³/mol. The smallest absolute Gasteiger partial charge is 0.251 e. The molecule has 1 aliphatic heterocycles. The van der Waals surface area contributed by atoms with Gasteiger partial charge < -0.3 is 20.4 Å². The molecule has 0 radical (unpaired) electrons. The standard InChI is InChI=1S/C34H40N4O3/c39-33(40)20-22-35-34(41)30-16-18-31(19-17-30)38(23-25-8-12-28(13-9-25)27-5-2-1-3-6-27)24-26-10-14-29(15-11-26)32-7-4-21-36-37-32/h7-19,27,33,39-40H,1-6,20-24H2,(H,35,41). The molecule has 214 valence electrons. The molecule has 0 unspecified atom stereocenters. The fourth-order valence-electron chi connectivity index (χ4n) is 5.63. The maximum Gasteiger partial charge on any atom is 0.251 e. The van der Waals surface area contributed by atoms with Gasteiger partial charge in [-0.25, -0.2) is 0 Å². The minimum Gasteiger partial charge on any atom is -0.368 e. The fourth-order valence-corrected chi connectivity index (χ4v) is 5.63. The van der Waals surface area contributed by atoms with Crippen LogP contribution in [0.5, 0.6) is 0 Å². The molecule has 2 aliphatic rings. The number of hydrogen-bond donors (Lipinski definition) is 3. The molecule has 1 aliphatic carbocycles. The molecule has 41 heavy (non-hydrogen) atoms. The van der Waals surface area contributed by atoms with E-state index in [1.54, 1.807) is 0 Å². The first-order valence-electron chi connectivity index (χ1n) is 14.8. The Labute approximate surface area is 242 Å². The first-order valence-corrected chi connectivity index (χ1v) is 14.8. The summed E-state index contributed by atoms with van der Waals surface area (Å²) in [5.74, 6) is 0.456. The summed E-state index contributed by atoms with van der Waals surface area (Å²) >= 11 is 0. The maximum absolute atomic E-state index is 12.5. The lowest BCUT2D eigenvalue weighted by molar-refractivity contribution is -0.0440. The number of anilines is 1. The van der Waals surface area contributed by atoms with Crippen molar-refractivity contribution in [3.05, 3.63) is 107 Å². The van der Waals surface area contributed by atoms with Gasteiger partial charge in [0.25, 0.3) is 5.91 Å². The van der Waals surface area contributed by atoms with E-state index in [9.17, 15) is 4.79 Å². The fraction of sp³-hybridized carbons (Fsp3) is 0.382. The maximum atomic E-state index is 12.5. The quantitative estimate of drug-likeness (QED) is 0.234. The Morgan fingerprint density at radius 2 is 1.54 bits per heavy atom. The lowest BCUT2D eigenvalue weighted by Gasteiger charge is -2.26. The van der Waals surface area contributed by atoms with Crippen LogP contribution in [0.2, 0.25) is 0 Å². The van der Waals surface area contributed by atoms with Gasteiger partial charge in [0.15, 0.2) is 6.29 Å². The summed E-state index contributed by atoms with van der Waals surface area (Å²) in [5, 5.41) is 29.3. The van der Waals surface area contributed by atoms with Crippen LogP contribution in [0.3, 0.4) is 0 Å². The van der Waals surface area contributed by atoms with Crippen molar-refractivity contribution in [3.63, 3.8) is 0 Å². The molecule has 3 aromatic rings. The lowest BCUT2D eigenvalue weighted by atomic mass is 9.84. The minimum absolute atomic E-state index is 0.0933. The summed E-state index contributed by atoms with van der Waals surface area (Å²) in [6.45, 7) is 2.41. The number of hydrogen-bond acceptors (Lipinski definition) is 6. The third-order valence-corrected chi connectivity index (χ3v) is 7.98.